The Morgan fingerprint density at radius 2 is 1.57 bits per heavy atom. The molecular formula is C23H27F6N5O3. The van der Waals surface area contributed by atoms with Gasteiger partial charge in [-0.05, 0) is 55.9 Å². The minimum Gasteiger partial charge on any atom is -0.493 e. The van der Waals surface area contributed by atoms with Crippen LogP contribution in [0, 0.1) is 5.92 Å². The van der Waals surface area contributed by atoms with Crippen LogP contribution < -0.4 is 4.74 Å². The van der Waals surface area contributed by atoms with Crippen LogP contribution in [-0.2, 0) is 4.74 Å². The number of carbonyl (C=O) groups excluding carboxylic acids is 1. The summed E-state index contributed by atoms with van der Waals surface area (Å²) in [6.45, 7) is 1.32. The predicted molar refractivity (Wildman–Crippen MR) is 118 cm³/mol. The second-order valence-corrected chi connectivity index (χ2v) is 9.19. The molecule has 1 saturated heterocycles. The lowest BCUT2D eigenvalue weighted by Crippen LogP contribution is -2.55. The van der Waals surface area contributed by atoms with Crippen molar-refractivity contribution in [3.05, 3.63) is 36.9 Å². The molecule has 0 unspecified atom stereocenters. The number of aromatic nitrogens is 3. The van der Waals surface area contributed by atoms with Gasteiger partial charge in [0.15, 0.2) is 0 Å². The van der Waals surface area contributed by atoms with Crippen molar-refractivity contribution in [3.63, 3.8) is 0 Å². The molecule has 14 heteroatoms. The summed E-state index contributed by atoms with van der Waals surface area (Å²) in [5.41, 5.74) is 0.874. The van der Waals surface area contributed by atoms with Crippen LogP contribution in [0.2, 0.25) is 0 Å². The number of rotatable bonds is 6. The third kappa shape index (κ3) is 7.05. The monoisotopic (exact) mass is 535 g/mol. The molecule has 2 fully saturated rings. The molecule has 0 atom stereocenters. The van der Waals surface area contributed by atoms with Gasteiger partial charge >= 0.3 is 18.4 Å². The van der Waals surface area contributed by atoms with Gasteiger partial charge in [0.05, 0.1) is 12.3 Å². The van der Waals surface area contributed by atoms with Gasteiger partial charge in [0.2, 0.25) is 0 Å². The Morgan fingerprint density at radius 1 is 0.946 bits per heavy atom. The van der Waals surface area contributed by atoms with Crippen molar-refractivity contribution in [2.24, 2.45) is 5.92 Å². The fourth-order valence-electron chi connectivity index (χ4n) is 4.69. The van der Waals surface area contributed by atoms with Gasteiger partial charge in [-0.25, -0.2) is 14.5 Å². The first kappa shape index (κ1) is 27.0. The van der Waals surface area contributed by atoms with Gasteiger partial charge in [-0.1, -0.05) is 0 Å². The third-order valence-electron chi connectivity index (χ3n) is 6.72. The first-order chi connectivity index (χ1) is 17.5. The summed E-state index contributed by atoms with van der Waals surface area (Å²) in [4.78, 5) is 18.9. The Kier molecular flexibility index (Phi) is 8.14. The molecule has 1 aliphatic carbocycles. The third-order valence-corrected chi connectivity index (χ3v) is 6.72. The number of carbonyl (C=O) groups is 1. The van der Waals surface area contributed by atoms with Crippen molar-refractivity contribution in [1.82, 2.24) is 24.6 Å². The number of piperazine rings is 1. The molecule has 1 aromatic heterocycles. The van der Waals surface area contributed by atoms with E-state index in [-0.39, 0.29) is 19.1 Å². The van der Waals surface area contributed by atoms with Gasteiger partial charge in [-0.2, -0.15) is 31.4 Å². The Labute approximate surface area is 209 Å². The topological polar surface area (TPSA) is 72.7 Å². The highest BCUT2D eigenvalue weighted by Crippen LogP contribution is 2.36. The SMILES string of the molecule is O=C(OC(C(F)(F)F)C(F)(F)F)N1CCN([C@H]2CC[C@H](COc3ccc(-n4cncn4)cc3)CC2)CC1. The summed E-state index contributed by atoms with van der Waals surface area (Å²) < 4.78 is 87.4. The summed E-state index contributed by atoms with van der Waals surface area (Å²) in [6, 6.07) is 7.78. The second-order valence-electron chi connectivity index (χ2n) is 9.19. The molecule has 1 aromatic carbocycles. The average Bonchev–Trinajstić information content (AvgIpc) is 3.40. The lowest BCUT2D eigenvalue weighted by atomic mass is 9.85. The van der Waals surface area contributed by atoms with Gasteiger partial charge in [0.1, 0.15) is 18.4 Å². The average molecular weight is 535 g/mol. The van der Waals surface area contributed by atoms with Crippen molar-refractivity contribution in [2.75, 3.05) is 32.8 Å². The number of ether oxygens (including phenoxy) is 2. The number of nitrogens with zero attached hydrogens (tertiary/aromatic N) is 5. The maximum atomic E-state index is 12.7. The van der Waals surface area contributed by atoms with Crippen LogP contribution in [0.1, 0.15) is 25.7 Å². The standard InChI is InChI=1S/C23H27F6N5O3/c24-22(25,26)20(23(27,28)29)37-21(35)33-11-9-32(10-12-33)17-3-1-16(2-4-17)13-36-19-7-5-18(6-8-19)34-15-30-14-31-34/h5-8,14-17,20H,1-4,9-13H2/t16-,17-. The smallest absolute Gasteiger partial charge is 0.434 e. The van der Waals surface area contributed by atoms with Crippen LogP contribution in [0.3, 0.4) is 0 Å². The summed E-state index contributed by atoms with van der Waals surface area (Å²) in [5.74, 6) is 1.14. The van der Waals surface area contributed by atoms with Crippen LogP contribution in [0.4, 0.5) is 31.1 Å². The number of benzene rings is 1. The van der Waals surface area contributed by atoms with E-state index in [2.05, 4.69) is 19.7 Å². The Balaban J connectivity index is 1.17. The number of alkyl halides is 6. The maximum absolute atomic E-state index is 12.7. The number of hydrogen-bond donors (Lipinski definition) is 0. The van der Waals surface area contributed by atoms with Crippen molar-refractivity contribution in [2.45, 2.75) is 50.2 Å². The Hall–Kier alpha value is -3.03. The molecule has 0 radical (unpaired) electrons. The fraction of sp³-hybridized carbons (Fsp3) is 0.609. The first-order valence-corrected chi connectivity index (χ1v) is 11.9. The largest absolute Gasteiger partial charge is 0.493 e. The molecule has 2 aliphatic rings. The maximum Gasteiger partial charge on any atom is 0.434 e. The van der Waals surface area contributed by atoms with E-state index >= 15 is 0 Å². The molecule has 4 rings (SSSR count). The molecule has 0 bridgehead atoms. The highest BCUT2D eigenvalue weighted by molar-refractivity contribution is 5.68. The van der Waals surface area contributed by atoms with Crippen LogP contribution in [-0.4, -0.2) is 87.9 Å². The highest BCUT2D eigenvalue weighted by atomic mass is 19.4. The van der Waals surface area contributed by atoms with Crippen molar-refractivity contribution in [1.29, 1.82) is 0 Å². The van der Waals surface area contributed by atoms with Gasteiger partial charge in [-0.15, -0.1) is 0 Å². The van der Waals surface area contributed by atoms with Crippen molar-refractivity contribution in [3.8, 4) is 11.4 Å². The summed E-state index contributed by atoms with van der Waals surface area (Å²) >= 11 is 0. The van der Waals surface area contributed by atoms with Crippen LogP contribution in [0.5, 0.6) is 5.75 Å². The molecule has 0 N–H and O–H groups in total. The fourth-order valence-corrected chi connectivity index (χ4v) is 4.69. The normalized spacial score (nSPS) is 21.8. The van der Waals surface area contributed by atoms with E-state index in [1.54, 1.807) is 11.0 Å². The molecular weight excluding hydrogens is 508 g/mol. The van der Waals surface area contributed by atoms with E-state index in [4.69, 9.17) is 4.74 Å². The van der Waals surface area contributed by atoms with Crippen molar-refractivity contribution >= 4 is 6.09 Å². The van der Waals surface area contributed by atoms with Gasteiger partial charge in [0, 0.05) is 32.2 Å². The van der Waals surface area contributed by atoms with Crippen LogP contribution >= 0.6 is 0 Å². The quantitative estimate of drug-likeness (QED) is 0.509. The molecule has 8 nitrogen and oxygen atoms in total. The number of amides is 1. The zero-order valence-electron chi connectivity index (χ0n) is 19.8. The number of halogens is 6. The molecule has 1 amide bonds. The molecule has 0 spiro atoms. The Morgan fingerprint density at radius 3 is 2.11 bits per heavy atom. The molecule has 1 saturated carbocycles. The summed E-state index contributed by atoms with van der Waals surface area (Å²) in [5, 5.41) is 4.08. The minimum atomic E-state index is -5.72. The van der Waals surface area contributed by atoms with E-state index in [0.717, 1.165) is 42.0 Å². The number of hydrogen-bond acceptors (Lipinski definition) is 6. The zero-order chi connectivity index (χ0) is 26.6. The van der Waals surface area contributed by atoms with Gasteiger partial charge in [-0.3, -0.25) is 4.90 Å². The van der Waals surface area contributed by atoms with Crippen LogP contribution in [0.25, 0.3) is 5.69 Å². The van der Waals surface area contributed by atoms with Gasteiger partial charge < -0.3 is 14.4 Å². The lowest BCUT2D eigenvalue weighted by molar-refractivity contribution is -0.308. The lowest BCUT2D eigenvalue weighted by Gasteiger charge is -2.41. The minimum absolute atomic E-state index is 0.00883. The highest BCUT2D eigenvalue weighted by Gasteiger charge is 2.60. The molecule has 1 aliphatic heterocycles. The van der Waals surface area contributed by atoms with E-state index in [0.29, 0.717) is 25.6 Å². The second kappa shape index (κ2) is 11.2. The van der Waals surface area contributed by atoms with E-state index in [9.17, 15) is 31.1 Å². The van der Waals surface area contributed by atoms with Gasteiger partial charge in [0.25, 0.3) is 6.10 Å². The molecule has 37 heavy (non-hydrogen) atoms. The summed E-state index contributed by atoms with van der Waals surface area (Å²) in [6.07, 6.45) is -10.5. The molecule has 2 aromatic rings. The summed E-state index contributed by atoms with van der Waals surface area (Å²) in [7, 11) is 0. The van der Waals surface area contributed by atoms with Crippen molar-refractivity contribution < 1.29 is 40.6 Å². The van der Waals surface area contributed by atoms with E-state index in [1.165, 1.54) is 6.33 Å². The zero-order valence-corrected chi connectivity index (χ0v) is 19.8. The first-order valence-electron chi connectivity index (χ1n) is 11.9. The van der Waals surface area contributed by atoms with E-state index in [1.807, 2.05) is 24.3 Å². The molecule has 204 valence electrons. The van der Waals surface area contributed by atoms with Crippen LogP contribution in [0.15, 0.2) is 36.9 Å². The predicted octanol–water partition coefficient (Wildman–Crippen LogP) is 4.45. The molecule has 2 heterocycles. The van der Waals surface area contributed by atoms with E-state index < -0.39 is 24.5 Å². The Bertz CT molecular complexity index is 985.